The van der Waals surface area contributed by atoms with Gasteiger partial charge >= 0.3 is 24.2 Å². The second kappa shape index (κ2) is 33.2. The largest absolute Gasteiger partial charge is 0.508 e. The Morgan fingerprint density at radius 1 is 0.778 bits per heavy atom. The molecule has 0 radical (unpaired) electrons. The van der Waals surface area contributed by atoms with Crippen molar-refractivity contribution >= 4 is 76.2 Å². The van der Waals surface area contributed by atoms with Crippen LogP contribution in [0.2, 0.25) is 0 Å². The number of primary amides is 1. The van der Waals surface area contributed by atoms with E-state index >= 15 is 0 Å². The quantitative estimate of drug-likeness (QED) is 0.0158. The van der Waals surface area contributed by atoms with E-state index in [2.05, 4.69) is 37.2 Å². The maximum absolute atomic E-state index is 14.2. The number of urea groups is 1. The number of carbonyl (C=O) groups is 10. The number of fused-ring (bicyclic) bond motifs is 5. The van der Waals surface area contributed by atoms with Crippen molar-refractivity contribution in [3.63, 3.8) is 0 Å². The van der Waals surface area contributed by atoms with Gasteiger partial charge in [-0.25, -0.2) is 24.2 Å². The number of pyridine rings is 2. The molecule has 6 rings (SSSR count). The summed E-state index contributed by atoms with van der Waals surface area (Å²) in [6, 6.07) is 9.99. The monoisotopic (exact) mass is 1260 g/mol. The number of aromatic nitrogens is 2. The molecular formula is C60H81N13O17. The minimum Gasteiger partial charge on any atom is -0.508 e. The van der Waals surface area contributed by atoms with Crippen molar-refractivity contribution in [2.45, 2.75) is 104 Å². The zero-order valence-corrected chi connectivity index (χ0v) is 51.4. The number of benzene rings is 2. The number of rotatable bonds is 33. The van der Waals surface area contributed by atoms with Crippen molar-refractivity contribution in [1.29, 1.82) is 0 Å². The SMILES string of the molecule is CCc1c2c(nc3ccc(O)cc13)-c1cc3c(c(=O)n1C2)COC(=O)[C@@]3(CC)OC(=O)N(C)CCN(C)C(=O)OCc1ccc(NC(=O)[C@H](CCCNC(N)=O)NC(=O)[C@@H](NC(=O)CCOCCOCCCNC(=O)CNC(=O)CNC(=O)CN)C(C)C)cc1. The molecule has 0 fully saturated rings. The van der Waals surface area contributed by atoms with E-state index in [0.717, 1.165) is 16.5 Å². The average Bonchev–Trinajstić information content (AvgIpc) is 1.48. The Morgan fingerprint density at radius 2 is 1.44 bits per heavy atom. The van der Waals surface area contributed by atoms with Gasteiger partial charge < -0.3 is 91.8 Å². The number of hydrogen-bond acceptors (Lipinski definition) is 19. The smallest absolute Gasteiger partial charge is 0.411 e. The van der Waals surface area contributed by atoms with Crippen molar-refractivity contribution in [3.05, 3.63) is 86.7 Å². The summed E-state index contributed by atoms with van der Waals surface area (Å²) in [7, 11) is 2.90. The van der Waals surface area contributed by atoms with Crippen LogP contribution >= 0.6 is 0 Å². The van der Waals surface area contributed by atoms with Crippen LogP contribution < -0.4 is 54.2 Å². The lowest BCUT2D eigenvalue weighted by atomic mass is 9.85. The molecule has 4 aromatic rings. The molecule has 2 aromatic carbocycles. The van der Waals surface area contributed by atoms with Crippen molar-refractivity contribution in [3.8, 4) is 17.1 Å². The minimum atomic E-state index is -1.98. The Hall–Kier alpha value is -9.42. The fourth-order valence-electron chi connectivity index (χ4n) is 9.86. The number of aryl methyl sites for hydroxylation is 1. The van der Waals surface area contributed by atoms with Gasteiger partial charge in [0.2, 0.25) is 41.0 Å². The normalized spacial score (nSPS) is 14.3. The number of hydrogen-bond donors (Lipinski definition) is 10. The molecule has 0 saturated carbocycles. The van der Waals surface area contributed by atoms with Crippen LogP contribution in [0.25, 0.3) is 22.3 Å². The summed E-state index contributed by atoms with van der Waals surface area (Å²) < 4.78 is 29.6. The molecule has 90 heavy (non-hydrogen) atoms. The van der Waals surface area contributed by atoms with Crippen LogP contribution in [0.4, 0.5) is 20.1 Å². The first kappa shape index (κ1) is 69.7. The fraction of sp³-hybridized carbons (Fsp3) is 0.500. The molecule has 488 valence electrons. The molecule has 2 aliphatic rings. The molecule has 2 aliphatic heterocycles. The van der Waals surface area contributed by atoms with E-state index in [1.54, 1.807) is 67.8 Å². The number of phenolic OH excluding ortho intramolecular Hbond substituents is 1. The maximum atomic E-state index is 14.2. The maximum Gasteiger partial charge on any atom is 0.411 e. The molecule has 3 atom stereocenters. The number of cyclic esters (lactones) is 1. The number of amides is 10. The summed E-state index contributed by atoms with van der Waals surface area (Å²) in [6.45, 7) is 6.97. The molecular weight excluding hydrogens is 1170 g/mol. The molecule has 0 saturated heterocycles. The number of likely N-dealkylation sites (N-methyl/N-ethyl adjacent to an activating group) is 2. The first-order valence-electron chi connectivity index (χ1n) is 29.6. The Bertz CT molecular complexity index is 3340. The predicted octanol–water partition coefficient (Wildman–Crippen LogP) is 0.826. The van der Waals surface area contributed by atoms with Gasteiger partial charge in [0.05, 0.1) is 68.5 Å². The molecule has 10 amide bonds. The van der Waals surface area contributed by atoms with Gasteiger partial charge in [0.1, 0.15) is 31.0 Å². The van der Waals surface area contributed by atoms with Gasteiger partial charge in [0.15, 0.2) is 0 Å². The Labute approximate surface area is 519 Å². The number of carbonyl (C=O) groups excluding carboxylic acids is 10. The molecule has 0 unspecified atom stereocenters. The molecule has 4 heterocycles. The van der Waals surface area contributed by atoms with Gasteiger partial charge in [-0.05, 0) is 85.5 Å². The number of nitrogens with two attached hydrogens (primary N) is 2. The zero-order valence-electron chi connectivity index (χ0n) is 51.4. The van der Waals surface area contributed by atoms with Crippen LogP contribution in [-0.2, 0) is 89.0 Å². The third-order valence-electron chi connectivity index (χ3n) is 14.9. The van der Waals surface area contributed by atoms with Crippen LogP contribution in [-0.4, -0.2) is 183 Å². The van der Waals surface area contributed by atoms with Crippen molar-refractivity contribution < 1.29 is 76.7 Å². The van der Waals surface area contributed by atoms with Crippen LogP contribution in [0.5, 0.6) is 5.75 Å². The number of anilines is 1. The lowest BCUT2D eigenvalue weighted by Crippen LogP contribution is -2.54. The van der Waals surface area contributed by atoms with Crippen LogP contribution in [0.3, 0.4) is 0 Å². The van der Waals surface area contributed by atoms with Crippen LogP contribution in [0, 0.1) is 5.92 Å². The molecule has 30 heteroatoms. The van der Waals surface area contributed by atoms with E-state index < -0.39 is 88.8 Å². The molecule has 2 aromatic heterocycles. The number of aromatic hydroxyl groups is 1. The summed E-state index contributed by atoms with van der Waals surface area (Å²) in [5.74, 6) is -4.32. The highest BCUT2D eigenvalue weighted by atomic mass is 16.6. The molecule has 0 aliphatic carbocycles. The second-order valence-electron chi connectivity index (χ2n) is 21.7. The summed E-state index contributed by atoms with van der Waals surface area (Å²) >= 11 is 0. The molecule has 12 N–H and O–H groups in total. The predicted molar refractivity (Wildman–Crippen MR) is 325 cm³/mol. The fourth-order valence-corrected chi connectivity index (χ4v) is 9.86. The topological polar surface area (TPSA) is 415 Å². The standard InChI is InChI=1S/C60H81N13O17/c1-7-39-40-27-38(74)16-17-44(40)68-52-41(39)32-73-46(52)28-43-42(55(73)81)34-88-56(82)60(43,8-2)90-59(85)72(6)22-21-71(5)58(84)89-33-36-12-14-37(15-13-36)67-53(79)45(11-9-19-64-57(62)83)69-54(80)51(35(3)4)70-47(75)18-24-87-26-25-86-23-10-20-63-49(77)30-66-50(78)31-65-48(76)29-61/h12-17,27-28,35,45,51,74H,7-11,18-26,29-34,61H2,1-6H3,(H,63,77)(H,65,76)(H,66,78)(H,67,79)(H,69,80)(H,70,75)(H3,62,64,83)/t45-,51-,60-/m0/s1. The summed E-state index contributed by atoms with van der Waals surface area (Å²) in [4.78, 5) is 149. The van der Waals surface area contributed by atoms with E-state index in [1.807, 2.05) is 6.92 Å². The number of esters is 1. The average molecular weight is 1260 g/mol. The Balaban J connectivity index is 0.935. The van der Waals surface area contributed by atoms with E-state index in [4.69, 9.17) is 40.1 Å². The first-order valence-corrected chi connectivity index (χ1v) is 29.6. The van der Waals surface area contributed by atoms with E-state index in [9.17, 15) is 57.8 Å². The van der Waals surface area contributed by atoms with Crippen LogP contribution in [0.1, 0.15) is 87.6 Å². The van der Waals surface area contributed by atoms with Crippen molar-refractivity contribution in [2.24, 2.45) is 17.4 Å². The highest BCUT2D eigenvalue weighted by molar-refractivity contribution is 5.99. The van der Waals surface area contributed by atoms with Gasteiger partial charge in [0, 0.05) is 75.5 Å². The van der Waals surface area contributed by atoms with Crippen molar-refractivity contribution in [1.82, 2.24) is 51.3 Å². The lowest BCUT2D eigenvalue weighted by molar-refractivity contribution is -0.173. The number of nitrogens with one attached hydrogen (secondary N) is 7. The summed E-state index contributed by atoms with van der Waals surface area (Å²) in [6.07, 6.45) is -0.408. The van der Waals surface area contributed by atoms with Gasteiger partial charge in [-0.15, -0.1) is 0 Å². The highest BCUT2D eigenvalue weighted by Crippen LogP contribution is 2.42. The van der Waals surface area contributed by atoms with Gasteiger partial charge in [-0.1, -0.05) is 39.8 Å². The van der Waals surface area contributed by atoms with E-state index in [1.165, 1.54) is 30.0 Å². The van der Waals surface area contributed by atoms with Crippen LogP contribution in [0.15, 0.2) is 53.3 Å². The van der Waals surface area contributed by atoms with E-state index in [0.29, 0.717) is 47.6 Å². The second-order valence-corrected chi connectivity index (χ2v) is 21.7. The van der Waals surface area contributed by atoms with Gasteiger partial charge in [-0.3, -0.25) is 33.6 Å². The molecule has 0 bridgehead atoms. The third kappa shape index (κ3) is 18.8. The Morgan fingerprint density at radius 3 is 2.11 bits per heavy atom. The van der Waals surface area contributed by atoms with Gasteiger partial charge in [-0.2, -0.15) is 0 Å². The number of nitrogens with zero attached hydrogens (tertiary/aromatic N) is 4. The highest BCUT2D eigenvalue weighted by Gasteiger charge is 2.51. The number of ether oxygens (including phenoxy) is 5. The lowest BCUT2D eigenvalue weighted by Gasteiger charge is -2.36. The summed E-state index contributed by atoms with van der Waals surface area (Å²) in [5.41, 5.74) is 12.6. The van der Waals surface area contributed by atoms with E-state index in [-0.39, 0.29) is 128 Å². The first-order chi connectivity index (χ1) is 43.0. The number of phenols is 1. The zero-order chi connectivity index (χ0) is 65.7. The molecule has 0 spiro atoms. The summed E-state index contributed by atoms with van der Waals surface area (Å²) in [5, 5.41) is 29.0. The molecule has 30 nitrogen and oxygen atoms in total. The third-order valence-corrected chi connectivity index (χ3v) is 14.9. The Kier molecular flexibility index (Phi) is 25.7. The minimum absolute atomic E-state index is 0.0182. The van der Waals surface area contributed by atoms with Crippen molar-refractivity contribution in [2.75, 3.05) is 91.7 Å². The van der Waals surface area contributed by atoms with Gasteiger partial charge in [0.25, 0.3) is 5.56 Å².